The molecule has 0 aliphatic heterocycles. The van der Waals surface area contributed by atoms with Crippen LogP contribution in [0.3, 0.4) is 0 Å². The van der Waals surface area contributed by atoms with Crippen LogP contribution in [0.1, 0.15) is 17.0 Å². The van der Waals surface area contributed by atoms with Gasteiger partial charge in [-0.05, 0) is 11.1 Å². The molecule has 2 unspecified atom stereocenters. The van der Waals surface area contributed by atoms with Gasteiger partial charge in [0.25, 0.3) is 0 Å². The van der Waals surface area contributed by atoms with E-state index in [0.717, 1.165) is 11.1 Å². The zero-order valence-electron chi connectivity index (χ0n) is 10.7. The summed E-state index contributed by atoms with van der Waals surface area (Å²) in [7, 11) is 0. The SMILES string of the molecule is OCC(c1ccccc1)C(O)/C=C/c1ccccc1. The highest BCUT2D eigenvalue weighted by molar-refractivity contribution is 5.49. The fourth-order valence-electron chi connectivity index (χ4n) is 2.02. The summed E-state index contributed by atoms with van der Waals surface area (Å²) in [4.78, 5) is 0. The standard InChI is InChI=1S/C17H18O2/c18-13-16(15-9-5-2-6-10-15)17(19)12-11-14-7-3-1-4-8-14/h1-12,16-19H,13H2/b12-11+. The van der Waals surface area contributed by atoms with E-state index in [4.69, 9.17) is 0 Å². The Hall–Kier alpha value is -1.90. The zero-order valence-corrected chi connectivity index (χ0v) is 10.7. The molecule has 0 radical (unpaired) electrons. The Kier molecular flexibility index (Phi) is 4.90. The molecule has 0 saturated carbocycles. The number of hydrogen-bond acceptors (Lipinski definition) is 2. The summed E-state index contributed by atoms with van der Waals surface area (Å²) < 4.78 is 0. The quantitative estimate of drug-likeness (QED) is 0.861. The molecule has 0 aliphatic carbocycles. The van der Waals surface area contributed by atoms with Crippen LogP contribution in [-0.4, -0.2) is 22.9 Å². The van der Waals surface area contributed by atoms with E-state index in [2.05, 4.69) is 0 Å². The Balaban J connectivity index is 2.10. The Labute approximate surface area is 113 Å². The maximum absolute atomic E-state index is 10.2. The van der Waals surface area contributed by atoms with Crippen LogP contribution in [-0.2, 0) is 0 Å². The van der Waals surface area contributed by atoms with Crippen LogP contribution in [0, 0.1) is 0 Å². The van der Waals surface area contributed by atoms with Crippen molar-refractivity contribution in [3.8, 4) is 0 Å². The molecule has 0 saturated heterocycles. The summed E-state index contributed by atoms with van der Waals surface area (Å²) in [6, 6.07) is 19.4. The molecular formula is C17H18O2. The van der Waals surface area contributed by atoms with Crippen molar-refractivity contribution in [1.29, 1.82) is 0 Å². The highest BCUT2D eigenvalue weighted by atomic mass is 16.3. The number of rotatable bonds is 5. The summed E-state index contributed by atoms with van der Waals surface area (Å²) in [6.07, 6.45) is 2.90. The van der Waals surface area contributed by atoms with Gasteiger partial charge in [0, 0.05) is 5.92 Å². The molecule has 2 heteroatoms. The molecule has 0 amide bonds. The van der Waals surface area contributed by atoms with E-state index in [0.29, 0.717) is 0 Å². The van der Waals surface area contributed by atoms with Gasteiger partial charge in [-0.1, -0.05) is 72.8 Å². The van der Waals surface area contributed by atoms with Crippen LogP contribution in [0.2, 0.25) is 0 Å². The third-order valence-electron chi connectivity index (χ3n) is 3.12. The first-order chi connectivity index (χ1) is 9.31. The molecule has 19 heavy (non-hydrogen) atoms. The van der Waals surface area contributed by atoms with E-state index in [1.807, 2.05) is 66.7 Å². The Bertz CT molecular complexity index is 505. The number of aliphatic hydroxyl groups is 2. The summed E-state index contributed by atoms with van der Waals surface area (Å²) in [6.45, 7) is -0.0791. The van der Waals surface area contributed by atoms with Crippen molar-refractivity contribution in [1.82, 2.24) is 0 Å². The Morgan fingerprint density at radius 3 is 2.05 bits per heavy atom. The van der Waals surface area contributed by atoms with Gasteiger partial charge in [0.15, 0.2) is 0 Å². The van der Waals surface area contributed by atoms with E-state index >= 15 is 0 Å². The van der Waals surface area contributed by atoms with Gasteiger partial charge >= 0.3 is 0 Å². The van der Waals surface area contributed by atoms with Crippen LogP contribution in [0.4, 0.5) is 0 Å². The minimum Gasteiger partial charge on any atom is -0.396 e. The lowest BCUT2D eigenvalue weighted by Crippen LogP contribution is -2.19. The second-order valence-corrected chi connectivity index (χ2v) is 4.46. The van der Waals surface area contributed by atoms with Crippen LogP contribution in [0.15, 0.2) is 66.7 Å². The van der Waals surface area contributed by atoms with Crippen LogP contribution in [0.5, 0.6) is 0 Å². The minimum absolute atomic E-state index is 0.0791. The van der Waals surface area contributed by atoms with Crippen molar-refractivity contribution in [2.24, 2.45) is 0 Å². The third kappa shape index (κ3) is 3.78. The molecular weight excluding hydrogens is 236 g/mol. The molecule has 2 aromatic carbocycles. The van der Waals surface area contributed by atoms with Crippen molar-refractivity contribution < 1.29 is 10.2 Å². The summed E-state index contributed by atoms with van der Waals surface area (Å²) in [5.74, 6) is -0.291. The van der Waals surface area contributed by atoms with Crippen molar-refractivity contribution in [2.75, 3.05) is 6.61 Å². The van der Waals surface area contributed by atoms with Crippen molar-refractivity contribution in [2.45, 2.75) is 12.0 Å². The van der Waals surface area contributed by atoms with Gasteiger partial charge in [-0.2, -0.15) is 0 Å². The van der Waals surface area contributed by atoms with Crippen LogP contribution < -0.4 is 0 Å². The monoisotopic (exact) mass is 254 g/mol. The van der Waals surface area contributed by atoms with Crippen molar-refractivity contribution >= 4 is 6.08 Å². The largest absolute Gasteiger partial charge is 0.396 e. The van der Waals surface area contributed by atoms with Gasteiger partial charge in [0.2, 0.25) is 0 Å². The zero-order chi connectivity index (χ0) is 13.5. The maximum Gasteiger partial charge on any atom is 0.0814 e. The lowest BCUT2D eigenvalue weighted by Gasteiger charge is -2.18. The average molecular weight is 254 g/mol. The first-order valence-corrected chi connectivity index (χ1v) is 6.38. The smallest absolute Gasteiger partial charge is 0.0814 e. The molecule has 0 aromatic heterocycles. The first-order valence-electron chi connectivity index (χ1n) is 6.38. The normalized spacial score (nSPS) is 14.4. The molecule has 0 spiro atoms. The van der Waals surface area contributed by atoms with Crippen molar-refractivity contribution in [3.05, 3.63) is 77.9 Å². The molecule has 2 aromatic rings. The molecule has 0 aliphatic rings. The number of aliphatic hydroxyl groups excluding tert-OH is 2. The van der Waals surface area contributed by atoms with Gasteiger partial charge in [-0.25, -0.2) is 0 Å². The molecule has 0 heterocycles. The van der Waals surface area contributed by atoms with Gasteiger partial charge in [-0.3, -0.25) is 0 Å². The highest BCUT2D eigenvalue weighted by Gasteiger charge is 2.17. The van der Waals surface area contributed by atoms with Crippen molar-refractivity contribution in [3.63, 3.8) is 0 Å². The summed E-state index contributed by atoms with van der Waals surface area (Å²) >= 11 is 0. The highest BCUT2D eigenvalue weighted by Crippen LogP contribution is 2.20. The molecule has 0 bridgehead atoms. The lowest BCUT2D eigenvalue weighted by molar-refractivity contribution is 0.142. The second kappa shape index (κ2) is 6.88. The predicted octanol–water partition coefficient (Wildman–Crippen LogP) is 2.84. The minimum atomic E-state index is -0.701. The van der Waals surface area contributed by atoms with Crippen LogP contribution in [0.25, 0.3) is 6.08 Å². The second-order valence-electron chi connectivity index (χ2n) is 4.46. The van der Waals surface area contributed by atoms with E-state index in [1.165, 1.54) is 0 Å². The first kappa shape index (κ1) is 13.5. The van der Waals surface area contributed by atoms with Gasteiger partial charge in [0.05, 0.1) is 12.7 Å². The third-order valence-corrected chi connectivity index (χ3v) is 3.12. The van der Waals surface area contributed by atoms with Gasteiger partial charge in [-0.15, -0.1) is 0 Å². The molecule has 2 rings (SSSR count). The lowest BCUT2D eigenvalue weighted by atomic mass is 9.93. The Morgan fingerprint density at radius 2 is 1.47 bits per heavy atom. The summed E-state index contributed by atoms with van der Waals surface area (Å²) in [5.41, 5.74) is 1.97. The molecule has 98 valence electrons. The summed E-state index contributed by atoms with van der Waals surface area (Å²) in [5, 5.41) is 19.6. The van der Waals surface area contributed by atoms with Gasteiger partial charge in [0.1, 0.15) is 0 Å². The fraction of sp³-hybridized carbons (Fsp3) is 0.176. The van der Waals surface area contributed by atoms with Gasteiger partial charge < -0.3 is 10.2 Å². The molecule has 2 nitrogen and oxygen atoms in total. The van der Waals surface area contributed by atoms with E-state index in [9.17, 15) is 10.2 Å². The fourth-order valence-corrected chi connectivity index (χ4v) is 2.02. The predicted molar refractivity (Wildman–Crippen MR) is 77.8 cm³/mol. The van der Waals surface area contributed by atoms with E-state index in [1.54, 1.807) is 6.08 Å². The average Bonchev–Trinajstić information content (AvgIpc) is 2.48. The maximum atomic E-state index is 10.2. The molecule has 0 fully saturated rings. The Morgan fingerprint density at radius 1 is 0.895 bits per heavy atom. The number of hydrogen-bond donors (Lipinski definition) is 2. The molecule has 2 N–H and O–H groups in total. The van der Waals surface area contributed by atoms with Crippen LogP contribution >= 0.6 is 0 Å². The topological polar surface area (TPSA) is 40.5 Å². The number of benzene rings is 2. The molecule has 2 atom stereocenters. The van der Waals surface area contributed by atoms with E-state index < -0.39 is 6.10 Å². The van der Waals surface area contributed by atoms with E-state index in [-0.39, 0.29) is 12.5 Å².